The van der Waals surface area contributed by atoms with Gasteiger partial charge in [0.15, 0.2) is 5.78 Å². The molecule has 144 valence electrons. The summed E-state index contributed by atoms with van der Waals surface area (Å²) in [5, 5.41) is 0.993. The molecule has 0 radical (unpaired) electrons. The normalized spacial score (nSPS) is 11.1. The lowest BCUT2D eigenvalue weighted by Crippen LogP contribution is -2.03. The van der Waals surface area contributed by atoms with Gasteiger partial charge < -0.3 is 13.9 Å². The van der Waals surface area contributed by atoms with Crippen molar-refractivity contribution in [3.05, 3.63) is 102 Å². The highest BCUT2D eigenvalue weighted by molar-refractivity contribution is 6.09. The second-order valence-corrected chi connectivity index (χ2v) is 6.52. The minimum Gasteiger partial charge on any atom is -0.497 e. The van der Waals surface area contributed by atoms with Crippen LogP contribution in [0.2, 0.25) is 0 Å². The number of ether oxygens (including phenoxy) is 2. The quantitative estimate of drug-likeness (QED) is 0.293. The van der Waals surface area contributed by atoms with Crippen molar-refractivity contribution < 1.29 is 18.7 Å². The highest BCUT2D eigenvalue weighted by Crippen LogP contribution is 2.27. The molecule has 29 heavy (non-hydrogen) atoms. The molecule has 0 bridgehead atoms. The Morgan fingerprint density at radius 2 is 1.76 bits per heavy atom. The van der Waals surface area contributed by atoms with Gasteiger partial charge >= 0.3 is 0 Å². The first-order chi connectivity index (χ1) is 14.2. The molecule has 1 aromatic heterocycles. The number of carbonyl (C=O) groups excluding carboxylic acids is 1. The molecule has 0 amide bonds. The van der Waals surface area contributed by atoms with Gasteiger partial charge in [-0.1, -0.05) is 48.5 Å². The first-order valence-electron chi connectivity index (χ1n) is 9.29. The topological polar surface area (TPSA) is 48.7 Å². The Morgan fingerprint density at radius 1 is 0.966 bits per heavy atom. The molecule has 4 rings (SSSR count). The van der Waals surface area contributed by atoms with Gasteiger partial charge in [-0.2, -0.15) is 0 Å². The largest absolute Gasteiger partial charge is 0.497 e. The zero-order valence-electron chi connectivity index (χ0n) is 16.0. The number of hydrogen-bond donors (Lipinski definition) is 0. The maximum absolute atomic E-state index is 12.9. The van der Waals surface area contributed by atoms with Crippen LogP contribution in [0.25, 0.3) is 17.0 Å². The molecule has 0 N–H and O–H groups in total. The highest BCUT2D eigenvalue weighted by Gasteiger charge is 2.13. The van der Waals surface area contributed by atoms with Gasteiger partial charge in [0.1, 0.15) is 29.4 Å². The molecule has 0 aliphatic rings. The fourth-order valence-corrected chi connectivity index (χ4v) is 3.02. The molecule has 0 aliphatic heterocycles. The van der Waals surface area contributed by atoms with Gasteiger partial charge in [-0.15, -0.1) is 0 Å². The molecule has 0 atom stereocenters. The van der Waals surface area contributed by atoms with Gasteiger partial charge in [0, 0.05) is 5.39 Å². The molecule has 4 aromatic rings. The molecule has 0 saturated heterocycles. The van der Waals surface area contributed by atoms with Crippen LogP contribution < -0.4 is 9.47 Å². The number of para-hydroxylation sites is 1. The summed E-state index contributed by atoms with van der Waals surface area (Å²) >= 11 is 0. The summed E-state index contributed by atoms with van der Waals surface area (Å²) in [4.78, 5) is 12.9. The molecule has 0 spiro atoms. The summed E-state index contributed by atoms with van der Waals surface area (Å²) in [6.07, 6.45) is 3.16. The molecule has 4 heteroatoms. The Labute approximate surface area is 169 Å². The SMILES string of the molecule is COc1ccc(OCc2ccccc2)c(C(=O)/C=C/c2cc3ccccc3o2)c1. The van der Waals surface area contributed by atoms with E-state index in [1.165, 1.54) is 6.08 Å². The second-order valence-electron chi connectivity index (χ2n) is 6.52. The van der Waals surface area contributed by atoms with E-state index in [9.17, 15) is 4.79 Å². The number of benzene rings is 3. The van der Waals surface area contributed by atoms with Crippen LogP contribution in [0.5, 0.6) is 11.5 Å². The van der Waals surface area contributed by atoms with E-state index in [2.05, 4.69) is 0 Å². The lowest BCUT2D eigenvalue weighted by atomic mass is 10.1. The zero-order valence-corrected chi connectivity index (χ0v) is 16.0. The Hall–Kier alpha value is -3.79. The standard InChI is InChI=1S/C25H20O4/c1-27-20-12-14-25(28-17-18-7-3-2-4-8-18)22(16-20)23(26)13-11-21-15-19-9-5-6-10-24(19)29-21/h2-16H,17H2,1H3/b13-11+. The monoisotopic (exact) mass is 384 g/mol. The maximum Gasteiger partial charge on any atom is 0.189 e. The van der Waals surface area contributed by atoms with E-state index in [4.69, 9.17) is 13.9 Å². The molecule has 0 saturated carbocycles. The minimum absolute atomic E-state index is 0.188. The van der Waals surface area contributed by atoms with Gasteiger partial charge in [0.25, 0.3) is 0 Å². The van der Waals surface area contributed by atoms with Crippen LogP contribution in [-0.4, -0.2) is 12.9 Å². The molecule has 3 aromatic carbocycles. The number of allylic oxidation sites excluding steroid dienone is 1. The van der Waals surface area contributed by atoms with Crippen LogP contribution in [-0.2, 0) is 6.61 Å². The predicted molar refractivity (Wildman–Crippen MR) is 113 cm³/mol. The predicted octanol–water partition coefficient (Wildman–Crippen LogP) is 5.92. The van der Waals surface area contributed by atoms with Crippen molar-refractivity contribution in [3.63, 3.8) is 0 Å². The van der Waals surface area contributed by atoms with Crippen molar-refractivity contribution >= 4 is 22.8 Å². The second kappa shape index (κ2) is 8.48. The summed E-state index contributed by atoms with van der Waals surface area (Å²) in [6, 6.07) is 24.7. The van der Waals surface area contributed by atoms with Crippen molar-refractivity contribution in [2.75, 3.05) is 7.11 Å². The Morgan fingerprint density at radius 3 is 2.55 bits per heavy atom. The lowest BCUT2D eigenvalue weighted by molar-refractivity contribution is 0.104. The van der Waals surface area contributed by atoms with E-state index in [-0.39, 0.29) is 5.78 Å². The molecular weight excluding hydrogens is 364 g/mol. The summed E-state index contributed by atoms with van der Waals surface area (Å²) in [7, 11) is 1.57. The zero-order chi connectivity index (χ0) is 20.1. The third kappa shape index (κ3) is 4.38. The number of fused-ring (bicyclic) bond motifs is 1. The highest BCUT2D eigenvalue weighted by atomic mass is 16.5. The van der Waals surface area contributed by atoms with E-state index < -0.39 is 0 Å². The van der Waals surface area contributed by atoms with E-state index in [0.717, 1.165) is 16.5 Å². The van der Waals surface area contributed by atoms with Crippen LogP contribution in [0.1, 0.15) is 21.7 Å². The van der Waals surface area contributed by atoms with Crippen molar-refractivity contribution in [2.24, 2.45) is 0 Å². The molecule has 4 nitrogen and oxygen atoms in total. The number of rotatable bonds is 7. The van der Waals surface area contributed by atoms with Gasteiger partial charge in [-0.05, 0) is 48.0 Å². The van der Waals surface area contributed by atoms with E-state index in [1.807, 2.05) is 60.7 Å². The molecule has 1 heterocycles. The first kappa shape index (κ1) is 18.6. The average molecular weight is 384 g/mol. The summed E-state index contributed by atoms with van der Waals surface area (Å²) in [5.41, 5.74) is 2.25. The van der Waals surface area contributed by atoms with E-state index in [0.29, 0.717) is 29.4 Å². The van der Waals surface area contributed by atoms with E-state index >= 15 is 0 Å². The van der Waals surface area contributed by atoms with Crippen LogP contribution >= 0.6 is 0 Å². The molecule has 0 fully saturated rings. The number of ketones is 1. The maximum atomic E-state index is 12.9. The van der Waals surface area contributed by atoms with Gasteiger partial charge in [-0.25, -0.2) is 0 Å². The smallest absolute Gasteiger partial charge is 0.189 e. The summed E-state index contributed by atoms with van der Waals surface area (Å²) < 4.78 is 16.9. The van der Waals surface area contributed by atoms with Crippen LogP contribution in [0.15, 0.2) is 89.4 Å². The Balaban J connectivity index is 1.57. The van der Waals surface area contributed by atoms with Crippen LogP contribution in [0.3, 0.4) is 0 Å². The number of hydrogen-bond acceptors (Lipinski definition) is 4. The van der Waals surface area contributed by atoms with Crippen LogP contribution in [0.4, 0.5) is 0 Å². The Bertz CT molecular complexity index is 1120. The number of methoxy groups -OCH3 is 1. The Kier molecular flexibility index (Phi) is 5.43. The van der Waals surface area contributed by atoms with Crippen molar-refractivity contribution in [2.45, 2.75) is 6.61 Å². The first-order valence-corrected chi connectivity index (χ1v) is 9.29. The van der Waals surface area contributed by atoms with Crippen molar-refractivity contribution in [1.82, 2.24) is 0 Å². The fourth-order valence-electron chi connectivity index (χ4n) is 3.02. The third-order valence-electron chi connectivity index (χ3n) is 4.53. The molecule has 0 aliphatic carbocycles. The summed E-state index contributed by atoms with van der Waals surface area (Å²) in [6.45, 7) is 0.376. The molecule has 0 unspecified atom stereocenters. The van der Waals surface area contributed by atoms with Crippen LogP contribution in [0, 0.1) is 0 Å². The van der Waals surface area contributed by atoms with Crippen molar-refractivity contribution in [3.8, 4) is 11.5 Å². The van der Waals surface area contributed by atoms with Gasteiger partial charge in [0.05, 0.1) is 12.7 Å². The third-order valence-corrected chi connectivity index (χ3v) is 4.53. The molecular formula is C25H20O4. The van der Waals surface area contributed by atoms with E-state index in [1.54, 1.807) is 31.4 Å². The lowest BCUT2D eigenvalue weighted by Gasteiger charge is -2.11. The van der Waals surface area contributed by atoms with Gasteiger partial charge in [0.2, 0.25) is 0 Å². The van der Waals surface area contributed by atoms with Crippen molar-refractivity contribution in [1.29, 1.82) is 0 Å². The summed E-state index contributed by atoms with van der Waals surface area (Å²) in [5.74, 6) is 1.54. The average Bonchev–Trinajstić information content (AvgIpc) is 3.19. The fraction of sp³-hybridized carbons (Fsp3) is 0.0800. The minimum atomic E-state index is -0.188. The number of furan rings is 1. The number of carbonyl (C=O) groups is 1. The van der Waals surface area contributed by atoms with Gasteiger partial charge in [-0.3, -0.25) is 4.79 Å².